The summed E-state index contributed by atoms with van der Waals surface area (Å²) in [6, 6.07) is 17.5. The van der Waals surface area contributed by atoms with Crippen LogP contribution in [0.5, 0.6) is 5.75 Å². The van der Waals surface area contributed by atoms with Gasteiger partial charge in [0.15, 0.2) is 0 Å². The van der Waals surface area contributed by atoms with Gasteiger partial charge in [0.25, 0.3) is 0 Å². The molecule has 0 unspecified atom stereocenters. The number of carbonyl (C=O) groups is 6. The van der Waals surface area contributed by atoms with Gasteiger partial charge >= 0.3 is 35.8 Å². The maximum Gasteiger partial charge on any atom is 0.333 e. The molecule has 3 aromatic rings. The fourth-order valence-electron chi connectivity index (χ4n) is 6.09. The number of benzene rings is 3. The van der Waals surface area contributed by atoms with Crippen molar-refractivity contribution < 1.29 is 66.3 Å². The van der Waals surface area contributed by atoms with Crippen molar-refractivity contribution >= 4 is 35.8 Å². The molecule has 340 valence electrons. The zero-order valence-corrected chi connectivity index (χ0v) is 37.0. The zero-order chi connectivity index (χ0) is 46.4. The van der Waals surface area contributed by atoms with Gasteiger partial charge in [-0.05, 0) is 78.8 Å². The fraction of sp³-hybridized carbons (Fsp3) is 0.429. The quantitative estimate of drug-likeness (QED) is 0.0309. The number of hydrogen-bond donors (Lipinski definition) is 0. The Morgan fingerprint density at radius 2 is 1.11 bits per heavy atom. The second kappa shape index (κ2) is 26.2. The molecule has 0 atom stereocenters. The lowest BCUT2D eigenvalue weighted by atomic mass is 9.92. The summed E-state index contributed by atoms with van der Waals surface area (Å²) in [7, 11) is 2.37. The first-order valence-corrected chi connectivity index (χ1v) is 20.8. The molecule has 0 radical (unpaired) electrons. The van der Waals surface area contributed by atoms with Crippen LogP contribution in [0.2, 0.25) is 0 Å². The van der Waals surface area contributed by atoms with Crippen LogP contribution >= 0.6 is 0 Å². The topological polar surface area (TPSA) is 167 Å². The first-order valence-electron chi connectivity index (χ1n) is 20.8. The van der Waals surface area contributed by atoms with Crippen molar-refractivity contribution in [2.24, 2.45) is 5.41 Å². The van der Waals surface area contributed by atoms with Crippen LogP contribution in [0.15, 0.2) is 85.0 Å². The Kier molecular flexibility index (Phi) is 21.3. The Hall–Kier alpha value is -6.31. The second-order valence-electron chi connectivity index (χ2n) is 15.3. The lowest BCUT2D eigenvalue weighted by molar-refractivity contribution is -0.165. The number of methoxy groups -OCH3 is 2. The van der Waals surface area contributed by atoms with E-state index in [0.29, 0.717) is 33.6 Å². The molecule has 0 N–H and O–H groups in total. The maximum absolute atomic E-state index is 15.6. The first kappa shape index (κ1) is 51.0. The van der Waals surface area contributed by atoms with E-state index >= 15 is 4.39 Å². The van der Waals surface area contributed by atoms with Gasteiger partial charge in [-0.25, -0.2) is 14.0 Å². The van der Waals surface area contributed by atoms with Gasteiger partial charge in [0, 0.05) is 16.7 Å². The van der Waals surface area contributed by atoms with Crippen LogP contribution in [0.4, 0.5) is 4.39 Å². The standard InChI is InChI=1S/C49H59FO13/c1-8-9-10-11-12-13-35-14-20-41(42(50)26-35)37-17-21-40(38(27-37)28-59-47(55)33(2)3)36-15-18-39(19-16-36)60-29-49(32-63-48(56)34(4)5,30-61-45(53)24-22-43(51)57-6)31-62-46(54)25-23-44(52)58-7/h14-21,26-27H,2,4,8-13,22-25,28-32H2,1,3,5-7H3. The Balaban J connectivity index is 1.92. The van der Waals surface area contributed by atoms with Gasteiger partial charge in [-0.2, -0.15) is 0 Å². The molecule has 3 rings (SSSR count). The molecule has 13 nitrogen and oxygen atoms in total. The van der Waals surface area contributed by atoms with Crippen LogP contribution in [0.3, 0.4) is 0 Å². The van der Waals surface area contributed by atoms with Crippen molar-refractivity contribution in [3.05, 3.63) is 102 Å². The molecule has 0 heterocycles. The fourth-order valence-corrected chi connectivity index (χ4v) is 6.09. The van der Waals surface area contributed by atoms with Crippen LogP contribution in [0.1, 0.15) is 89.7 Å². The first-order chi connectivity index (χ1) is 30.1. The molecule has 63 heavy (non-hydrogen) atoms. The van der Waals surface area contributed by atoms with E-state index in [1.807, 2.05) is 12.1 Å². The van der Waals surface area contributed by atoms with Gasteiger partial charge in [0.05, 0.1) is 39.9 Å². The normalized spacial score (nSPS) is 10.9. The molecular formula is C49H59FO13. The Morgan fingerprint density at radius 3 is 1.67 bits per heavy atom. The highest BCUT2D eigenvalue weighted by molar-refractivity contribution is 5.87. The number of aryl methyl sites for hydroxylation is 1. The number of carbonyl (C=O) groups excluding carboxylic acids is 6. The molecule has 0 aliphatic heterocycles. The predicted molar refractivity (Wildman–Crippen MR) is 232 cm³/mol. The monoisotopic (exact) mass is 874 g/mol. The van der Waals surface area contributed by atoms with Crippen molar-refractivity contribution in [1.82, 2.24) is 0 Å². The van der Waals surface area contributed by atoms with Gasteiger partial charge in [0.1, 0.15) is 50.0 Å². The number of unbranched alkanes of at least 4 members (excludes halogenated alkanes) is 4. The Labute approximate surface area is 368 Å². The highest BCUT2D eigenvalue weighted by Gasteiger charge is 2.38. The minimum absolute atomic E-state index is 0.0823. The third kappa shape index (κ3) is 17.5. The largest absolute Gasteiger partial charge is 0.493 e. The third-order valence-corrected chi connectivity index (χ3v) is 9.89. The van der Waals surface area contributed by atoms with Crippen LogP contribution in [-0.4, -0.2) is 76.5 Å². The Morgan fingerprint density at radius 1 is 0.587 bits per heavy atom. The van der Waals surface area contributed by atoms with E-state index < -0.39 is 61.1 Å². The molecule has 0 fully saturated rings. The van der Waals surface area contributed by atoms with E-state index in [9.17, 15) is 28.8 Å². The zero-order valence-electron chi connectivity index (χ0n) is 37.0. The molecule has 14 heteroatoms. The average Bonchev–Trinajstić information content (AvgIpc) is 3.28. The van der Waals surface area contributed by atoms with Crippen LogP contribution in [-0.2, 0) is 70.2 Å². The molecule has 0 saturated heterocycles. The summed E-state index contributed by atoms with van der Waals surface area (Å²) in [4.78, 5) is 73.7. The summed E-state index contributed by atoms with van der Waals surface area (Å²) in [6.45, 7) is 10.6. The summed E-state index contributed by atoms with van der Waals surface area (Å²) in [5, 5.41) is 0. The van der Waals surface area contributed by atoms with Crippen molar-refractivity contribution in [2.75, 3.05) is 40.6 Å². The van der Waals surface area contributed by atoms with Gasteiger partial charge in [-0.3, -0.25) is 19.2 Å². The highest BCUT2D eigenvalue weighted by Crippen LogP contribution is 2.33. The summed E-state index contributed by atoms with van der Waals surface area (Å²) in [5.74, 6) is -4.18. The maximum atomic E-state index is 15.6. The highest BCUT2D eigenvalue weighted by atomic mass is 19.1. The van der Waals surface area contributed by atoms with E-state index in [1.165, 1.54) is 27.6 Å². The number of hydrogen-bond acceptors (Lipinski definition) is 13. The van der Waals surface area contributed by atoms with E-state index in [1.54, 1.807) is 55.5 Å². The van der Waals surface area contributed by atoms with Crippen molar-refractivity contribution in [3.63, 3.8) is 0 Å². The number of halogens is 1. The second-order valence-corrected chi connectivity index (χ2v) is 15.3. The number of esters is 6. The summed E-state index contributed by atoms with van der Waals surface area (Å²) in [6.07, 6.45) is 5.27. The molecular weight excluding hydrogens is 816 g/mol. The van der Waals surface area contributed by atoms with Gasteiger partial charge < -0.3 is 33.2 Å². The van der Waals surface area contributed by atoms with Crippen molar-refractivity contribution in [2.45, 2.75) is 91.6 Å². The smallest absolute Gasteiger partial charge is 0.333 e. The lowest BCUT2D eigenvalue weighted by Gasteiger charge is -2.32. The van der Waals surface area contributed by atoms with Crippen molar-refractivity contribution in [3.8, 4) is 28.0 Å². The lowest BCUT2D eigenvalue weighted by Crippen LogP contribution is -2.44. The van der Waals surface area contributed by atoms with E-state index in [0.717, 1.165) is 37.7 Å². The van der Waals surface area contributed by atoms with Gasteiger partial charge in [0.2, 0.25) is 0 Å². The summed E-state index contributed by atoms with van der Waals surface area (Å²) >= 11 is 0. The molecule has 0 amide bonds. The van der Waals surface area contributed by atoms with E-state index in [4.69, 9.17) is 23.7 Å². The van der Waals surface area contributed by atoms with Crippen LogP contribution < -0.4 is 4.74 Å². The van der Waals surface area contributed by atoms with Crippen LogP contribution in [0, 0.1) is 11.2 Å². The Bertz CT molecular complexity index is 2040. The summed E-state index contributed by atoms with van der Waals surface area (Å²) in [5.41, 5.74) is 2.78. The number of rotatable bonds is 27. The predicted octanol–water partition coefficient (Wildman–Crippen LogP) is 8.77. The minimum atomic E-state index is -1.48. The minimum Gasteiger partial charge on any atom is -0.493 e. The average molecular weight is 875 g/mol. The molecule has 0 aliphatic rings. The molecule has 0 saturated carbocycles. The molecule has 0 aliphatic carbocycles. The molecule has 3 aromatic carbocycles. The third-order valence-electron chi connectivity index (χ3n) is 9.89. The number of ether oxygens (including phenoxy) is 7. The van der Waals surface area contributed by atoms with E-state index in [-0.39, 0.29) is 55.9 Å². The molecule has 0 spiro atoms. The van der Waals surface area contributed by atoms with Gasteiger partial charge in [-0.1, -0.05) is 82.2 Å². The summed E-state index contributed by atoms with van der Waals surface area (Å²) < 4.78 is 52.9. The molecule has 0 bridgehead atoms. The SMILES string of the molecule is C=C(C)C(=O)OCc1cc(-c2ccc(CCCCCCC)cc2F)ccc1-c1ccc(OCC(COC(=O)CCC(=O)OC)(COC(=O)CCC(=O)OC)COC(=O)C(=C)C)cc1. The van der Waals surface area contributed by atoms with E-state index in [2.05, 4.69) is 29.6 Å². The van der Waals surface area contributed by atoms with Crippen LogP contribution in [0.25, 0.3) is 22.3 Å². The molecule has 0 aromatic heterocycles. The van der Waals surface area contributed by atoms with Gasteiger partial charge in [-0.15, -0.1) is 0 Å². The van der Waals surface area contributed by atoms with Crippen molar-refractivity contribution in [1.29, 1.82) is 0 Å².